The minimum atomic E-state index is 0.773. The van der Waals surface area contributed by atoms with Crippen molar-refractivity contribution in [1.82, 2.24) is 0 Å². The molecule has 0 aliphatic heterocycles. The van der Waals surface area contributed by atoms with E-state index in [9.17, 15) is 0 Å². The lowest BCUT2D eigenvalue weighted by Crippen LogP contribution is -2.10. The third kappa shape index (κ3) is 3.90. The molecule has 2 aromatic rings. The van der Waals surface area contributed by atoms with Gasteiger partial charge in [-0.25, -0.2) is 0 Å². The Morgan fingerprint density at radius 2 is 1.79 bits per heavy atom. The van der Waals surface area contributed by atoms with Crippen LogP contribution >= 0.6 is 11.6 Å². The second kappa shape index (κ2) is 6.48. The Balaban J connectivity index is 1.92. The second-order valence-electron chi connectivity index (χ2n) is 4.72. The predicted octanol–water partition coefficient (Wildman–Crippen LogP) is 4.06. The van der Waals surface area contributed by atoms with Crippen molar-refractivity contribution in [2.24, 2.45) is 0 Å². The topological polar surface area (TPSA) is 15.3 Å². The highest BCUT2D eigenvalue weighted by atomic mass is 35.5. The van der Waals surface area contributed by atoms with Gasteiger partial charge >= 0.3 is 0 Å². The van der Waals surface area contributed by atoms with E-state index < -0.39 is 0 Å². The lowest BCUT2D eigenvalue weighted by Gasteiger charge is -2.15. The molecule has 100 valence electrons. The van der Waals surface area contributed by atoms with Crippen molar-refractivity contribution in [3.8, 4) is 0 Å². The van der Waals surface area contributed by atoms with E-state index in [-0.39, 0.29) is 0 Å². The third-order valence-corrected chi connectivity index (χ3v) is 3.32. The van der Waals surface area contributed by atoms with Crippen molar-refractivity contribution in [3.63, 3.8) is 0 Å². The van der Waals surface area contributed by atoms with Crippen molar-refractivity contribution in [2.75, 3.05) is 30.9 Å². The number of rotatable bonds is 5. The summed E-state index contributed by atoms with van der Waals surface area (Å²) in [4.78, 5) is 2.01. The number of anilines is 2. The third-order valence-electron chi connectivity index (χ3n) is 3.02. The average molecular weight is 275 g/mol. The Bertz CT molecular complexity index is 524. The fraction of sp³-hybridized carbons (Fsp3) is 0.250. The summed E-state index contributed by atoms with van der Waals surface area (Å²) >= 11 is 6.24. The van der Waals surface area contributed by atoms with Gasteiger partial charge in [-0.15, -0.1) is 0 Å². The first-order chi connectivity index (χ1) is 9.16. The van der Waals surface area contributed by atoms with Gasteiger partial charge in [0, 0.05) is 26.3 Å². The minimum Gasteiger partial charge on any atom is -0.385 e. The minimum absolute atomic E-state index is 0.773. The van der Waals surface area contributed by atoms with Crippen molar-refractivity contribution < 1.29 is 0 Å². The van der Waals surface area contributed by atoms with E-state index in [1.54, 1.807) is 0 Å². The molecule has 2 aromatic carbocycles. The van der Waals surface area contributed by atoms with Gasteiger partial charge in [-0.1, -0.05) is 41.9 Å². The quantitative estimate of drug-likeness (QED) is 0.884. The van der Waals surface area contributed by atoms with Crippen LogP contribution in [0.3, 0.4) is 0 Å². The molecule has 0 aliphatic rings. The van der Waals surface area contributed by atoms with E-state index in [0.717, 1.165) is 29.4 Å². The summed E-state index contributed by atoms with van der Waals surface area (Å²) in [6, 6.07) is 16.5. The number of hydrogen-bond acceptors (Lipinski definition) is 2. The predicted molar refractivity (Wildman–Crippen MR) is 84.4 cm³/mol. The SMILES string of the molecule is CN(C)c1ccc(NCCc2ccccc2)cc1Cl. The highest BCUT2D eigenvalue weighted by Crippen LogP contribution is 2.27. The lowest BCUT2D eigenvalue weighted by molar-refractivity contribution is 1.02. The molecule has 0 saturated heterocycles. The van der Waals surface area contributed by atoms with Crippen molar-refractivity contribution >= 4 is 23.0 Å². The lowest BCUT2D eigenvalue weighted by atomic mass is 10.1. The largest absolute Gasteiger partial charge is 0.385 e. The molecule has 0 saturated carbocycles. The maximum absolute atomic E-state index is 6.24. The number of halogens is 1. The molecule has 0 aliphatic carbocycles. The highest BCUT2D eigenvalue weighted by molar-refractivity contribution is 6.33. The summed E-state index contributed by atoms with van der Waals surface area (Å²) in [5.41, 5.74) is 3.44. The van der Waals surface area contributed by atoms with Gasteiger partial charge in [0.05, 0.1) is 10.7 Å². The standard InChI is InChI=1S/C16H19ClN2/c1-19(2)16-9-8-14(12-15(16)17)18-11-10-13-6-4-3-5-7-13/h3-9,12,18H,10-11H2,1-2H3. The molecule has 0 amide bonds. The Morgan fingerprint density at radius 3 is 2.42 bits per heavy atom. The van der Waals surface area contributed by atoms with Gasteiger partial charge in [-0.05, 0) is 30.2 Å². The van der Waals surface area contributed by atoms with Gasteiger partial charge in [0.15, 0.2) is 0 Å². The van der Waals surface area contributed by atoms with Crippen molar-refractivity contribution in [1.29, 1.82) is 0 Å². The Kier molecular flexibility index (Phi) is 4.69. The molecule has 2 nitrogen and oxygen atoms in total. The highest BCUT2D eigenvalue weighted by Gasteiger charge is 2.03. The summed E-state index contributed by atoms with van der Waals surface area (Å²) in [6.45, 7) is 0.904. The summed E-state index contributed by atoms with van der Waals surface area (Å²) in [6.07, 6.45) is 1.01. The maximum atomic E-state index is 6.24. The van der Waals surface area contributed by atoms with Crippen LogP contribution in [0.5, 0.6) is 0 Å². The number of hydrogen-bond donors (Lipinski definition) is 1. The van der Waals surface area contributed by atoms with Crippen LogP contribution < -0.4 is 10.2 Å². The van der Waals surface area contributed by atoms with E-state index in [1.807, 2.05) is 37.2 Å². The number of benzene rings is 2. The Morgan fingerprint density at radius 1 is 1.05 bits per heavy atom. The molecule has 0 unspecified atom stereocenters. The fourth-order valence-electron chi connectivity index (χ4n) is 1.98. The van der Waals surface area contributed by atoms with E-state index >= 15 is 0 Å². The first kappa shape index (κ1) is 13.8. The molecule has 0 fully saturated rings. The monoisotopic (exact) mass is 274 g/mol. The zero-order valence-electron chi connectivity index (χ0n) is 11.4. The van der Waals surface area contributed by atoms with Gasteiger partial charge in [0.25, 0.3) is 0 Å². The molecular weight excluding hydrogens is 256 g/mol. The molecule has 2 rings (SSSR count). The smallest absolute Gasteiger partial charge is 0.0659 e. The van der Waals surface area contributed by atoms with Gasteiger partial charge in [0.2, 0.25) is 0 Å². The van der Waals surface area contributed by atoms with Gasteiger partial charge in [-0.2, -0.15) is 0 Å². The van der Waals surface area contributed by atoms with Crippen LogP contribution in [-0.2, 0) is 6.42 Å². The van der Waals surface area contributed by atoms with Crippen molar-refractivity contribution in [2.45, 2.75) is 6.42 Å². The normalized spacial score (nSPS) is 10.3. The van der Waals surface area contributed by atoms with Crippen LogP contribution in [0.25, 0.3) is 0 Å². The van der Waals surface area contributed by atoms with E-state index in [4.69, 9.17) is 11.6 Å². The first-order valence-electron chi connectivity index (χ1n) is 6.41. The van der Waals surface area contributed by atoms with Crippen LogP contribution in [-0.4, -0.2) is 20.6 Å². The zero-order valence-corrected chi connectivity index (χ0v) is 12.1. The zero-order chi connectivity index (χ0) is 13.7. The van der Waals surface area contributed by atoms with Crippen molar-refractivity contribution in [3.05, 3.63) is 59.1 Å². The van der Waals surface area contributed by atoms with Crippen LogP contribution in [0.4, 0.5) is 11.4 Å². The van der Waals surface area contributed by atoms with Crippen LogP contribution in [0.15, 0.2) is 48.5 Å². The van der Waals surface area contributed by atoms with E-state index in [1.165, 1.54) is 5.56 Å². The van der Waals surface area contributed by atoms with Gasteiger partial charge in [-0.3, -0.25) is 0 Å². The number of nitrogens with zero attached hydrogens (tertiary/aromatic N) is 1. The van der Waals surface area contributed by atoms with Crippen LogP contribution in [0, 0.1) is 0 Å². The van der Waals surface area contributed by atoms with E-state index in [2.05, 4.69) is 35.6 Å². The summed E-state index contributed by atoms with van der Waals surface area (Å²) in [5.74, 6) is 0. The summed E-state index contributed by atoms with van der Waals surface area (Å²) in [5, 5.41) is 4.17. The Labute approximate surface area is 120 Å². The average Bonchev–Trinajstić information content (AvgIpc) is 2.39. The molecular formula is C16H19ClN2. The summed E-state index contributed by atoms with van der Waals surface area (Å²) in [7, 11) is 3.98. The molecule has 1 N–H and O–H groups in total. The molecule has 19 heavy (non-hydrogen) atoms. The molecule has 0 radical (unpaired) electrons. The van der Waals surface area contributed by atoms with Crippen LogP contribution in [0.1, 0.15) is 5.56 Å². The Hall–Kier alpha value is -1.67. The molecule has 0 aromatic heterocycles. The molecule has 3 heteroatoms. The maximum Gasteiger partial charge on any atom is 0.0659 e. The number of nitrogens with one attached hydrogen (secondary N) is 1. The second-order valence-corrected chi connectivity index (χ2v) is 5.13. The van der Waals surface area contributed by atoms with E-state index in [0.29, 0.717) is 0 Å². The van der Waals surface area contributed by atoms with Gasteiger partial charge in [0.1, 0.15) is 0 Å². The molecule has 0 heterocycles. The molecule has 0 bridgehead atoms. The van der Waals surface area contributed by atoms with Crippen LogP contribution in [0.2, 0.25) is 5.02 Å². The first-order valence-corrected chi connectivity index (χ1v) is 6.79. The molecule has 0 atom stereocenters. The fourth-order valence-corrected chi connectivity index (χ4v) is 2.32. The van der Waals surface area contributed by atoms with Gasteiger partial charge < -0.3 is 10.2 Å². The summed E-state index contributed by atoms with van der Waals surface area (Å²) < 4.78 is 0. The molecule has 0 spiro atoms.